The van der Waals surface area contributed by atoms with Crippen molar-refractivity contribution in [3.63, 3.8) is 0 Å². The number of phenolic OH excluding ortho intramolecular Hbond substituents is 1. The van der Waals surface area contributed by atoms with E-state index in [2.05, 4.69) is 156 Å². The Bertz CT molecular complexity index is 6930. The van der Waals surface area contributed by atoms with Crippen LogP contribution in [0.3, 0.4) is 0 Å². The third-order valence-corrected chi connectivity index (χ3v) is 39.6. The zero-order valence-electron chi connectivity index (χ0n) is 84.5. The van der Waals surface area contributed by atoms with Crippen LogP contribution in [0.2, 0.25) is 0 Å². The number of methoxy groups -OCH3 is 2. The predicted molar refractivity (Wildman–Crippen MR) is 571 cm³/mol. The number of hydrogen-bond acceptors (Lipinski definition) is 17. The van der Waals surface area contributed by atoms with Crippen molar-refractivity contribution in [1.82, 2.24) is 36.8 Å². The molecular formula is C118H139FN8O13S4. The molecule has 8 aliphatic heterocycles. The minimum atomic E-state index is -3.62. The molecule has 3 N–H and O–H groups in total. The highest BCUT2D eigenvalue weighted by atomic mass is 32.2. The van der Waals surface area contributed by atoms with E-state index in [0.29, 0.717) is 85.2 Å². The highest BCUT2D eigenvalue weighted by Gasteiger charge is 2.55. The molecule has 8 fully saturated rings. The Hall–Kier alpha value is -10.3. The third-order valence-electron chi connectivity index (χ3n) is 31.5. The van der Waals surface area contributed by atoms with Gasteiger partial charge in [-0.3, -0.25) is 19.6 Å². The van der Waals surface area contributed by atoms with E-state index in [0.717, 1.165) is 133 Å². The number of rotatable bonds is 22. The summed E-state index contributed by atoms with van der Waals surface area (Å²) in [5.74, 6) is 0.489. The maximum Gasteiger partial charge on any atom is 0.243 e. The first-order valence-corrected chi connectivity index (χ1v) is 56.7. The van der Waals surface area contributed by atoms with E-state index >= 15 is 0 Å². The predicted octanol–water partition coefficient (Wildman–Crippen LogP) is 19.5. The molecule has 12 aromatic rings. The van der Waals surface area contributed by atoms with Gasteiger partial charge < -0.3 is 24.8 Å². The molecule has 8 heterocycles. The number of hydrogen-bond donors (Lipinski definition) is 3. The fourth-order valence-corrected chi connectivity index (χ4v) is 30.8. The van der Waals surface area contributed by atoms with Gasteiger partial charge in [0.15, 0.2) is 0 Å². The second kappa shape index (κ2) is 46.0. The number of benzene rings is 12. The minimum Gasteiger partial charge on any atom is -0.508 e. The quantitative estimate of drug-likeness (QED) is 0.0571. The molecule has 0 amide bonds. The van der Waals surface area contributed by atoms with Crippen molar-refractivity contribution in [2.75, 3.05) is 119 Å². The number of ether oxygens (including phenoxy) is 2. The number of fused-ring (bicyclic) bond motifs is 4. The molecule has 21 nitrogen and oxygen atoms in total. The number of sulfonamides is 4. The molecule has 0 spiro atoms. The van der Waals surface area contributed by atoms with Crippen molar-refractivity contribution in [2.24, 2.45) is 0 Å². The Morgan fingerprint density at radius 2 is 0.576 bits per heavy atom. The summed E-state index contributed by atoms with van der Waals surface area (Å²) in [6.07, 6.45) is 7.07. The van der Waals surface area contributed by atoms with Crippen LogP contribution in [0.4, 0.5) is 4.39 Å². The molecule has 0 saturated carbocycles. The Morgan fingerprint density at radius 3 is 0.896 bits per heavy atom. The first kappa shape index (κ1) is 105. The zero-order chi connectivity index (χ0) is 101. The van der Waals surface area contributed by atoms with E-state index in [4.69, 9.17) is 9.47 Å². The van der Waals surface area contributed by atoms with Gasteiger partial charge in [-0.1, -0.05) is 242 Å². The Labute approximate surface area is 853 Å². The summed E-state index contributed by atoms with van der Waals surface area (Å²) < 4.78 is 141. The molecule has 8 saturated heterocycles. The van der Waals surface area contributed by atoms with Crippen LogP contribution >= 0.6 is 0 Å². The molecule has 4 unspecified atom stereocenters. The summed E-state index contributed by atoms with van der Waals surface area (Å²) >= 11 is 0. The average Bonchev–Trinajstić information content (AvgIpc) is 0.747. The number of nitrogens with zero attached hydrogens (tertiary/aromatic N) is 8. The zero-order valence-corrected chi connectivity index (χ0v) is 87.7. The molecule has 12 aromatic carbocycles. The lowest BCUT2D eigenvalue weighted by Crippen LogP contribution is -2.68. The fourth-order valence-electron chi connectivity index (χ4n) is 23.9. The number of aromatic hydroxyl groups is 1. The van der Waals surface area contributed by atoms with Gasteiger partial charge >= 0.3 is 0 Å². The van der Waals surface area contributed by atoms with Crippen molar-refractivity contribution < 1.29 is 62.9 Å². The fraction of sp³-hybridized carbons (Fsp3) is 0.390. The lowest BCUT2D eigenvalue weighted by atomic mass is 9.74. The lowest BCUT2D eigenvalue weighted by Gasteiger charge is -2.57. The molecule has 20 rings (SSSR count). The lowest BCUT2D eigenvalue weighted by molar-refractivity contribution is -0.0635. The van der Waals surface area contributed by atoms with Gasteiger partial charge in [-0.15, -0.1) is 0 Å². The number of aryl methyl sites for hydroxylation is 7. The summed E-state index contributed by atoms with van der Waals surface area (Å²) in [5.41, 5.74) is 21.4. The molecule has 8 aliphatic rings. The normalized spacial score (nSPS) is 23.4. The van der Waals surface area contributed by atoms with Gasteiger partial charge in [0.2, 0.25) is 40.1 Å². The SMILES string of the molecule is COC[C@@H]1[C@@H](c2ccc(-c3cccc(C)c3C)cc2)C2CN(S(=O)(=O)c3ccccc3C)CCCCN21.COC[C@@H]1[C@@H](c2ccc(-c3cccc(O)c3)cc2)C2CN(S(=O)(=O)c3ccccc3C)CCCCN21.Cc1cc(C)cc(-c2ccc([C@H]3C4CN(S(=O)(=O)c5ccccc5C)CCCCN4[C@@H]3CO)cc2)c1.Cc1ccccc1S(=O)(=O)N1CCCCN2C(C1)[C@H](c1ccc(-c3cccc(F)c3)cc1)[C@H]2CO. The molecule has 12 atom stereocenters. The monoisotopic (exact) mass is 2020 g/mol. The van der Waals surface area contributed by atoms with Gasteiger partial charge in [0.25, 0.3) is 0 Å². The van der Waals surface area contributed by atoms with Crippen LogP contribution in [0.1, 0.15) is 142 Å². The molecule has 144 heavy (non-hydrogen) atoms. The third kappa shape index (κ3) is 22.3. The van der Waals surface area contributed by atoms with E-state index in [1.54, 1.807) is 92.1 Å². The van der Waals surface area contributed by atoms with Crippen molar-refractivity contribution in [3.05, 3.63) is 352 Å². The molecule has 0 bridgehead atoms. The summed E-state index contributed by atoms with van der Waals surface area (Å²) in [4.78, 5) is 11.1. The van der Waals surface area contributed by atoms with Gasteiger partial charge in [-0.25, -0.2) is 38.1 Å². The van der Waals surface area contributed by atoms with E-state index in [9.17, 15) is 53.4 Å². The van der Waals surface area contributed by atoms with Gasteiger partial charge in [0, 0.05) is 139 Å². The van der Waals surface area contributed by atoms with Gasteiger partial charge in [0.1, 0.15) is 11.6 Å². The first-order chi connectivity index (χ1) is 69.4. The number of aliphatic hydroxyl groups is 2. The average molecular weight is 2020 g/mol. The Balaban J connectivity index is 0.000000132. The number of phenols is 1. The highest BCUT2D eigenvalue weighted by molar-refractivity contribution is 7.90. The topological polar surface area (TPSA) is 242 Å². The van der Waals surface area contributed by atoms with Crippen LogP contribution in [-0.2, 0) is 49.6 Å². The van der Waals surface area contributed by atoms with Crippen LogP contribution in [0.15, 0.2) is 299 Å². The van der Waals surface area contributed by atoms with E-state index in [1.165, 1.54) is 67.8 Å². The summed E-state index contributed by atoms with van der Waals surface area (Å²) in [6, 6.07) is 90.5. The van der Waals surface area contributed by atoms with Gasteiger partial charge in [-0.2, -0.15) is 17.2 Å². The highest BCUT2D eigenvalue weighted by Crippen LogP contribution is 2.50. The Kier molecular flexibility index (Phi) is 33.5. The van der Waals surface area contributed by atoms with Crippen molar-refractivity contribution in [2.45, 2.75) is 198 Å². The largest absolute Gasteiger partial charge is 0.508 e. The van der Waals surface area contributed by atoms with Crippen LogP contribution < -0.4 is 0 Å². The molecule has 26 heteroatoms. The second-order valence-electron chi connectivity index (χ2n) is 40.4. The van der Waals surface area contributed by atoms with Crippen LogP contribution in [-0.4, -0.2) is 253 Å². The molecular weight excluding hydrogens is 1880 g/mol. The summed E-state index contributed by atoms with van der Waals surface area (Å²) in [6.45, 7) is 24.9. The molecule has 0 aromatic heterocycles. The van der Waals surface area contributed by atoms with Crippen molar-refractivity contribution >= 4 is 40.1 Å². The summed E-state index contributed by atoms with van der Waals surface area (Å²) in [7, 11) is -10.9. The van der Waals surface area contributed by atoms with Crippen LogP contribution in [0.25, 0.3) is 44.5 Å². The molecule has 0 radical (unpaired) electrons. The van der Waals surface area contributed by atoms with Crippen LogP contribution in [0, 0.1) is 61.2 Å². The standard InChI is InChI=1S/C31H38N2O3S.C30H36N2O3S.C29H34N2O4S.C28H31FN2O3S/c1-22-11-9-12-27(24(22)3)25-14-16-26(17-15-25)31-28-20-32(18-7-8-19-33(28)29(31)21-36-4)37(34,35)30-13-6-5-10-23(30)2;1-21-16-22(2)18-26(17-21)24-10-12-25(13-11-24)30-27-19-31(14-6-7-15-32(27)28(30)20-33)36(34,35)29-9-5-4-8-23(29)3;1-21-8-3-4-11-28(21)36(33,34)30-16-5-6-17-31-26(19-30)29(27(31)20-35-2)23-14-12-22(13-15-23)24-9-7-10-25(32)18-24;1-20-7-2-3-10-27(20)35(33,34)30-15-4-5-16-31-25(18-30)28(26(31)19-32)22-13-11-21(12-14-22)23-8-6-9-24(29)17-23/h5-6,9-17,28-29,31H,7-8,18-21H2,1-4H3;4-5,8-13,16-18,27-28,30,33H,6-7,14-15,19-20H2,1-3H3;3-4,7-15,18,26-27,29,32H,5-6,16-17,19-20H2,1-2H3;2-3,6-14,17,25-26,28,32H,4-5,15-16,18-19H2,1H3/t28?,29-,31+;27?,28-,30+;26?,27-,29+;25?,26-,28+/m1111/s1. The first-order valence-electron chi connectivity index (χ1n) is 51.0. The maximum atomic E-state index is 13.7. The maximum absolute atomic E-state index is 13.7. The smallest absolute Gasteiger partial charge is 0.243 e. The van der Waals surface area contributed by atoms with Crippen molar-refractivity contribution in [1.29, 1.82) is 0 Å². The summed E-state index contributed by atoms with van der Waals surface area (Å²) in [5, 5.41) is 30.3. The van der Waals surface area contributed by atoms with Gasteiger partial charge in [-0.05, 0) is 282 Å². The molecule has 0 aliphatic carbocycles. The number of aliphatic hydroxyl groups excluding tert-OH is 2. The second-order valence-corrected chi connectivity index (χ2v) is 48.0. The van der Waals surface area contributed by atoms with E-state index in [1.807, 2.05) is 125 Å². The number of halogens is 1. The Morgan fingerprint density at radius 1 is 0.292 bits per heavy atom. The van der Waals surface area contributed by atoms with E-state index < -0.39 is 40.1 Å². The van der Waals surface area contributed by atoms with Gasteiger partial charge in [0.05, 0.1) is 46.0 Å². The van der Waals surface area contributed by atoms with Crippen LogP contribution in [0.5, 0.6) is 5.75 Å². The van der Waals surface area contributed by atoms with E-state index in [-0.39, 0.29) is 96.8 Å². The molecule has 760 valence electrons. The minimum absolute atomic E-state index is 0.00809. The van der Waals surface area contributed by atoms with Crippen molar-refractivity contribution in [3.8, 4) is 50.3 Å².